The fourth-order valence-electron chi connectivity index (χ4n) is 2.10. The zero-order chi connectivity index (χ0) is 12.8. The van der Waals surface area contributed by atoms with Gasteiger partial charge in [0.05, 0.1) is 0 Å². The van der Waals surface area contributed by atoms with Crippen molar-refractivity contribution < 1.29 is 0 Å². The maximum atomic E-state index is 3.62. The molecule has 1 rings (SSSR count). The van der Waals surface area contributed by atoms with Crippen LogP contribution in [0, 0.1) is 19.8 Å². The second-order valence-corrected chi connectivity index (χ2v) is 6.02. The van der Waals surface area contributed by atoms with E-state index in [2.05, 4.69) is 57.5 Å². The van der Waals surface area contributed by atoms with E-state index in [9.17, 15) is 0 Å². The Balaban J connectivity index is 2.54. The number of thioether (sulfide) groups is 1. The molecule has 96 valence electrons. The van der Waals surface area contributed by atoms with E-state index >= 15 is 0 Å². The lowest BCUT2D eigenvalue weighted by Gasteiger charge is -2.18. The summed E-state index contributed by atoms with van der Waals surface area (Å²) in [6.45, 7) is 9.98. The average molecular weight is 251 g/mol. The van der Waals surface area contributed by atoms with E-state index in [1.165, 1.54) is 22.4 Å². The van der Waals surface area contributed by atoms with Gasteiger partial charge in [-0.1, -0.05) is 36.2 Å². The summed E-state index contributed by atoms with van der Waals surface area (Å²) in [5.74, 6) is 1.96. The first-order valence-electron chi connectivity index (χ1n) is 6.33. The van der Waals surface area contributed by atoms with Crippen molar-refractivity contribution in [1.29, 1.82) is 0 Å². The number of nitrogens with one attached hydrogen (secondary N) is 1. The lowest BCUT2D eigenvalue weighted by molar-refractivity contribution is 0.501. The molecule has 0 aliphatic rings. The van der Waals surface area contributed by atoms with Crippen LogP contribution in [0.2, 0.25) is 0 Å². The monoisotopic (exact) mass is 251 g/mol. The highest BCUT2D eigenvalue weighted by molar-refractivity contribution is 7.98. The molecule has 0 aliphatic carbocycles. The molecular formula is C15H25NS. The molecule has 0 fully saturated rings. The largest absolute Gasteiger partial charge is 0.310 e. The van der Waals surface area contributed by atoms with Gasteiger partial charge in [-0.2, -0.15) is 11.8 Å². The summed E-state index contributed by atoms with van der Waals surface area (Å²) in [4.78, 5) is 0. The standard InChI is InChI=1S/C15H25NS/c1-11-6-12(2)8-15(7-11)14(4)16-9-13(3)10-17-5/h6-8,13-14,16H,9-10H2,1-5H3. The van der Waals surface area contributed by atoms with Gasteiger partial charge in [-0.05, 0) is 50.8 Å². The first-order valence-corrected chi connectivity index (χ1v) is 7.72. The Labute approximate surface area is 110 Å². The highest BCUT2D eigenvalue weighted by Crippen LogP contribution is 2.17. The van der Waals surface area contributed by atoms with Gasteiger partial charge in [0.25, 0.3) is 0 Å². The minimum Gasteiger partial charge on any atom is -0.310 e. The van der Waals surface area contributed by atoms with Crippen molar-refractivity contribution in [3.8, 4) is 0 Å². The minimum atomic E-state index is 0.443. The summed E-state index contributed by atoms with van der Waals surface area (Å²) in [6, 6.07) is 7.23. The van der Waals surface area contributed by atoms with E-state index in [0.29, 0.717) is 6.04 Å². The van der Waals surface area contributed by atoms with Crippen molar-refractivity contribution in [2.24, 2.45) is 5.92 Å². The van der Waals surface area contributed by atoms with Gasteiger partial charge in [0.15, 0.2) is 0 Å². The third kappa shape index (κ3) is 5.13. The molecule has 1 aromatic rings. The van der Waals surface area contributed by atoms with Crippen molar-refractivity contribution in [3.63, 3.8) is 0 Å². The van der Waals surface area contributed by atoms with Crippen LogP contribution in [0.5, 0.6) is 0 Å². The molecule has 0 saturated heterocycles. The van der Waals surface area contributed by atoms with Crippen molar-refractivity contribution >= 4 is 11.8 Å². The lowest BCUT2D eigenvalue weighted by Crippen LogP contribution is -2.25. The van der Waals surface area contributed by atoms with E-state index in [-0.39, 0.29) is 0 Å². The Kier molecular flexibility index (Phi) is 6.07. The number of rotatable bonds is 6. The summed E-state index contributed by atoms with van der Waals surface area (Å²) < 4.78 is 0. The Bertz CT molecular complexity index is 329. The number of hydrogen-bond acceptors (Lipinski definition) is 2. The molecule has 2 heteroatoms. The highest BCUT2D eigenvalue weighted by atomic mass is 32.2. The average Bonchev–Trinajstić information content (AvgIpc) is 2.25. The summed E-state index contributed by atoms with van der Waals surface area (Å²) in [7, 11) is 0. The van der Waals surface area contributed by atoms with E-state index in [1.54, 1.807) is 0 Å². The Hall–Kier alpha value is -0.470. The van der Waals surface area contributed by atoms with E-state index in [0.717, 1.165) is 12.5 Å². The van der Waals surface area contributed by atoms with Crippen LogP contribution in [-0.4, -0.2) is 18.6 Å². The third-order valence-corrected chi connectivity index (χ3v) is 3.87. The number of hydrogen-bond donors (Lipinski definition) is 1. The third-order valence-electron chi connectivity index (χ3n) is 2.97. The molecule has 0 aliphatic heterocycles. The smallest absolute Gasteiger partial charge is 0.0292 e. The molecule has 1 N–H and O–H groups in total. The molecule has 2 unspecified atom stereocenters. The Morgan fingerprint density at radius 1 is 1.12 bits per heavy atom. The van der Waals surface area contributed by atoms with Crippen LogP contribution < -0.4 is 5.32 Å². The predicted molar refractivity (Wildman–Crippen MR) is 79.9 cm³/mol. The lowest BCUT2D eigenvalue weighted by atomic mass is 10.0. The highest BCUT2D eigenvalue weighted by Gasteiger charge is 2.08. The molecule has 0 radical (unpaired) electrons. The Morgan fingerprint density at radius 3 is 2.24 bits per heavy atom. The molecule has 0 saturated carbocycles. The second kappa shape index (κ2) is 7.07. The van der Waals surface area contributed by atoms with Gasteiger partial charge in [0, 0.05) is 6.04 Å². The van der Waals surface area contributed by atoms with Crippen LogP contribution in [0.4, 0.5) is 0 Å². The fourth-order valence-corrected chi connectivity index (χ4v) is 2.79. The minimum absolute atomic E-state index is 0.443. The topological polar surface area (TPSA) is 12.0 Å². The second-order valence-electron chi connectivity index (χ2n) is 5.11. The molecule has 1 aromatic carbocycles. The van der Waals surface area contributed by atoms with Crippen LogP contribution in [0.3, 0.4) is 0 Å². The summed E-state index contributed by atoms with van der Waals surface area (Å²) in [6.07, 6.45) is 2.17. The summed E-state index contributed by atoms with van der Waals surface area (Å²) in [5, 5.41) is 3.62. The van der Waals surface area contributed by atoms with Crippen molar-refractivity contribution in [2.45, 2.75) is 33.7 Å². The van der Waals surface area contributed by atoms with Gasteiger partial charge in [-0.15, -0.1) is 0 Å². The van der Waals surface area contributed by atoms with E-state index in [1.807, 2.05) is 11.8 Å². The molecule has 2 atom stereocenters. The quantitative estimate of drug-likeness (QED) is 0.821. The van der Waals surface area contributed by atoms with Crippen LogP contribution in [0.1, 0.15) is 36.6 Å². The van der Waals surface area contributed by atoms with E-state index < -0.39 is 0 Å². The first-order chi connectivity index (χ1) is 8.02. The molecular weight excluding hydrogens is 226 g/mol. The normalized spacial score (nSPS) is 14.6. The zero-order valence-electron chi connectivity index (χ0n) is 11.7. The maximum absolute atomic E-state index is 3.62. The van der Waals surface area contributed by atoms with Crippen molar-refractivity contribution in [3.05, 3.63) is 34.9 Å². The Morgan fingerprint density at radius 2 is 1.71 bits per heavy atom. The SMILES string of the molecule is CSCC(C)CNC(C)c1cc(C)cc(C)c1. The van der Waals surface area contributed by atoms with Gasteiger partial charge in [0.1, 0.15) is 0 Å². The zero-order valence-corrected chi connectivity index (χ0v) is 12.5. The van der Waals surface area contributed by atoms with Gasteiger partial charge < -0.3 is 5.32 Å². The van der Waals surface area contributed by atoms with Gasteiger partial charge >= 0.3 is 0 Å². The first kappa shape index (κ1) is 14.6. The van der Waals surface area contributed by atoms with Gasteiger partial charge in [0.2, 0.25) is 0 Å². The molecule has 0 aromatic heterocycles. The molecule has 0 spiro atoms. The van der Waals surface area contributed by atoms with Crippen molar-refractivity contribution in [1.82, 2.24) is 5.32 Å². The van der Waals surface area contributed by atoms with Crippen LogP contribution in [0.15, 0.2) is 18.2 Å². The van der Waals surface area contributed by atoms with Crippen LogP contribution in [0.25, 0.3) is 0 Å². The number of aryl methyl sites for hydroxylation is 2. The fraction of sp³-hybridized carbons (Fsp3) is 0.600. The van der Waals surface area contributed by atoms with E-state index in [4.69, 9.17) is 0 Å². The van der Waals surface area contributed by atoms with Gasteiger partial charge in [-0.3, -0.25) is 0 Å². The summed E-state index contributed by atoms with van der Waals surface area (Å²) >= 11 is 1.92. The number of benzene rings is 1. The molecule has 0 bridgehead atoms. The molecule has 0 heterocycles. The maximum Gasteiger partial charge on any atom is 0.0292 e. The van der Waals surface area contributed by atoms with Gasteiger partial charge in [-0.25, -0.2) is 0 Å². The van der Waals surface area contributed by atoms with Crippen LogP contribution in [-0.2, 0) is 0 Å². The predicted octanol–water partition coefficient (Wildman–Crippen LogP) is 3.95. The summed E-state index contributed by atoms with van der Waals surface area (Å²) in [5.41, 5.74) is 4.11. The molecule has 17 heavy (non-hydrogen) atoms. The molecule has 1 nitrogen and oxygen atoms in total. The van der Waals surface area contributed by atoms with Crippen molar-refractivity contribution in [2.75, 3.05) is 18.6 Å². The molecule has 0 amide bonds. The van der Waals surface area contributed by atoms with Crippen LogP contribution >= 0.6 is 11.8 Å².